The van der Waals surface area contributed by atoms with Crippen molar-refractivity contribution in [1.82, 2.24) is 0 Å². The molecule has 0 spiro atoms. The summed E-state index contributed by atoms with van der Waals surface area (Å²) in [6.07, 6.45) is 0. The monoisotopic (exact) mass is 365 g/mol. The molecule has 5 nitrogen and oxygen atoms in total. The van der Waals surface area contributed by atoms with Crippen molar-refractivity contribution >= 4 is 40.6 Å². The first kappa shape index (κ1) is 17.5. The number of nitrogens with one attached hydrogen (secondary N) is 3. The summed E-state index contributed by atoms with van der Waals surface area (Å²) in [5, 5.41) is 8.71. The second-order valence-corrected chi connectivity index (χ2v) is 5.93. The molecule has 3 amide bonds. The minimum atomic E-state index is -0.423. The lowest BCUT2D eigenvalue weighted by molar-refractivity contribution is 0.102. The van der Waals surface area contributed by atoms with Gasteiger partial charge in [0.15, 0.2) is 0 Å². The van der Waals surface area contributed by atoms with Gasteiger partial charge in [-0.3, -0.25) is 4.79 Å². The first-order chi connectivity index (χ1) is 12.6. The quantitative estimate of drug-likeness (QED) is 0.592. The van der Waals surface area contributed by atoms with Crippen molar-refractivity contribution in [2.24, 2.45) is 0 Å². The molecule has 0 saturated carbocycles. The summed E-state index contributed by atoms with van der Waals surface area (Å²) in [7, 11) is 0. The molecule has 0 aliphatic carbocycles. The van der Waals surface area contributed by atoms with Crippen molar-refractivity contribution in [2.45, 2.75) is 0 Å². The molecule has 0 aliphatic heterocycles. The smallest absolute Gasteiger partial charge is 0.322 e. The van der Waals surface area contributed by atoms with E-state index in [4.69, 9.17) is 11.6 Å². The summed E-state index contributed by atoms with van der Waals surface area (Å²) >= 11 is 5.89. The number of halogens is 1. The number of amides is 3. The van der Waals surface area contributed by atoms with E-state index < -0.39 is 6.03 Å². The largest absolute Gasteiger partial charge is 0.323 e. The van der Waals surface area contributed by atoms with Gasteiger partial charge in [-0.15, -0.1) is 0 Å². The zero-order valence-electron chi connectivity index (χ0n) is 13.7. The number of rotatable bonds is 4. The Balaban J connectivity index is 1.65. The lowest BCUT2D eigenvalue weighted by Gasteiger charge is -2.10. The highest BCUT2D eigenvalue weighted by Gasteiger charge is 2.08. The topological polar surface area (TPSA) is 70.2 Å². The standard InChI is InChI=1S/C20H16ClN3O2/c21-15-7-5-11-18(13-15)24-20(26)23-17-10-4-6-14(12-17)19(25)22-16-8-2-1-3-9-16/h1-13H,(H,22,25)(H2,23,24,26). The van der Waals surface area contributed by atoms with Crippen LogP contribution in [-0.2, 0) is 0 Å². The van der Waals surface area contributed by atoms with Gasteiger partial charge in [-0.2, -0.15) is 0 Å². The Morgan fingerprint density at radius 2 is 1.27 bits per heavy atom. The molecular formula is C20H16ClN3O2. The van der Waals surface area contributed by atoms with Crippen molar-refractivity contribution in [1.29, 1.82) is 0 Å². The van der Waals surface area contributed by atoms with Crippen LogP contribution in [0.15, 0.2) is 78.9 Å². The van der Waals surface area contributed by atoms with Crippen LogP contribution in [-0.4, -0.2) is 11.9 Å². The number of carbonyl (C=O) groups is 2. The molecule has 3 aromatic rings. The molecule has 0 fully saturated rings. The number of hydrogen-bond acceptors (Lipinski definition) is 2. The second kappa shape index (κ2) is 8.18. The van der Waals surface area contributed by atoms with Gasteiger partial charge in [0.1, 0.15) is 0 Å². The van der Waals surface area contributed by atoms with Crippen LogP contribution in [0.4, 0.5) is 21.9 Å². The highest BCUT2D eigenvalue weighted by molar-refractivity contribution is 6.30. The van der Waals surface area contributed by atoms with E-state index in [1.54, 1.807) is 60.7 Å². The van der Waals surface area contributed by atoms with E-state index in [0.717, 1.165) is 0 Å². The fourth-order valence-corrected chi connectivity index (χ4v) is 2.51. The Hall–Kier alpha value is -3.31. The summed E-state index contributed by atoms with van der Waals surface area (Å²) in [5.74, 6) is -0.255. The molecule has 3 rings (SSSR count). The number of hydrogen-bond donors (Lipinski definition) is 3. The number of urea groups is 1. The van der Waals surface area contributed by atoms with Crippen LogP contribution in [0.25, 0.3) is 0 Å². The molecule has 0 atom stereocenters. The van der Waals surface area contributed by atoms with Gasteiger partial charge in [-0.25, -0.2) is 4.79 Å². The van der Waals surface area contributed by atoms with Crippen LogP contribution >= 0.6 is 11.6 Å². The Labute approximate surface area is 156 Å². The fraction of sp³-hybridized carbons (Fsp3) is 0. The predicted molar refractivity (Wildman–Crippen MR) is 105 cm³/mol. The van der Waals surface area contributed by atoms with Crippen molar-refractivity contribution in [3.63, 3.8) is 0 Å². The van der Waals surface area contributed by atoms with Crippen LogP contribution in [0.5, 0.6) is 0 Å². The maximum absolute atomic E-state index is 12.3. The lowest BCUT2D eigenvalue weighted by atomic mass is 10.2. The van der Waals surface area contributed by atoms with Gasteiger partial charge < -0.3 is 16.0 Å². The molecule has 6 heteroatoms. The second-order valence-electron chi connectivity index (χ2n) is 5.49. The maximum Gasteiger partial charge on any atom is 0.323 e. The number of carbonyl (C=O) groups excluding carboxylic acids is 2. The normalized spacial score (nSPS) is 10.0. The van der Waals surface area contributed by atoms with Gasteiger partial charge in [0.05, 0.1) is 0 Å². The van der Waals surface area contributed by atoms with Gasteiger partial charge in [0.25, 0.3) is 5.91 Å². The predicted octanol–water partition coefficient (Wildman–Crippen LogP) is 5.24. The van der Waals surface area contributed by atoms with Gasteiger partial charge >= 0.3 is 6.03 Å². The van der Waals surface area contributed by atoms with Crippen LogP contribution in [0.1, 0.15) is 10.4 Å². The third-order valence-corrected chi connectivity index (χ3v) is 3.73. The van der Waals surface area contributed by atoms with Gasteiger partial charge in [0.2, 0.25) is 0 Å². The molecule has 0 aliphatic rings. The van der Waals surface area contributed by atoms with Crippen LogP contribution in [0, 0.1) is 0 Å². The van der Waals surface area contributed by atoms with E-state index in [9.17, 15) is 9.59 Å². The Morgan fingerprint density at radius 1 is 0.654 bits per heavy atom. The maximum atomic E-state index is 12.3. The van der Waals surface area contributed by atoms with E-state index in [0.29, 0.717) is 27.6 Å². The molecule has 130 valence electrons. The SMILES string of the molecule is O=C(Nc1cccc(Cl)c1)Nc1cccc(C(=O)Nc2ccccc2)c1. The Kier molecular flexibility index (Phi) is 5.51. The summed E-state index contributed by atoms with van der Waals surface area (Å²) in [6, 6.07) is 22.3. The van der Waals surface area contributed by atoms with Gasteiger partial charge in [0, 0.05) is 27.6 Å². The highest BCUT2D eigenvalue weighted by Crippen LogP contribution is 2.17. The van der Waals surface area contributed by atoms with Crippen LogP contribution in [0.3, 0.4) is 0 Å². The summed E-state index contributed by atoms with van der Waals surface area (Å²) in [6.45, 7) is 0. The van der Waals surface area contributed by atoms with Crippen LogP contribution in [0.2, 0.25) is 5.02 Å². The molecular weight excluding hydrogens is 350 g/mol. The van der Waals surface area contributed by atoms with Crippen molar-refractivity contribution in [2.75, 3.05) is 16.0 Å². The number of anilines is 3. The van der Waals surface area contributed by atoms with Gasteiger partial charge in [-0.05, 0) is 48.5 Å². The van der Waals surface area contributed by atoms with Crippen molar-refractivity contribution in [3.05, 3.63) is 89.4 Å². The molecule has 26 heavy (non-hydrogen) atoms. The van der Waals surface area contributed by atoms with E-state index >= 15 is 0 Å². The molecule has 0 heterocycles. The summed E-state index contributed by atoms with van der Waals surface area (Å²) in [5.41, 5.74) is 2.22. The van der Waals surface area contributed by atoms with E-state index in [2.05, 4.69) is 16.0 Å². The van der Waals surface area contributed by atoms with E-state index in [-0.39, 0.29) is 5.91 Å². The Bertz CT molecular complexity index is 929. The van der Waals surface area contributed by atoms with Crippen molar-refractivity contribution < 1.29 is 9.59 Å². The van der Waals surface area contributed by atoms with Gasteiger partial charge in [-0.1, -0.05) is 41.9 Å². The molecule has 0 aromatic heterocycles. The first-order valence-electron chi connectivity index (χ1n) is 7.90. The molecule has 0 saturated heterocycles. The molecule has 3 N–H and O–H groups in total. The summed E-state index contributed by atoms with van der Waals surface area (Å²) in [4.78, 5) is 24.4. The third kappa shape index (κ3) is 4.84. The molecule has 0 bridgehead atoms. The highest BCUT2D eigenvalue weighted by atomic mass is 35.5. The minimum absolute atomic E-state index is 0.255. The zero-order valence-corrected chi connectivity index (χ0v) is 14.5. The zero-order chi connectivity index (χ0) is 18.4. The molecule has 0 unspecified atom stereocenters. The Morgan fingerprint density at radius 3 is 1.96 bits per heavy atom. The third-order valence-electron chi connectivity index (χ3n) is 3.50. The first-order valence-corrected chi connectivity index (χ1v) is 8.28. The average molecular weight is 366 g/mol. The van der Waals surface area contributed by atoms with E-state index in [1.165, 1.54) is 0 Å². The van der Waals surface area contributed by atoms with Crippen molar-refractivity contribution in [3.8, 4) is 0 Å². The number of para-hydroxylation sites is 1. The van der Waals surface area contributed by atoms with Crippen LogP contribution < -0.4 is 16.0 Å². The average Bonchev–Trinajstić information content (AvgIpc) is 2.62. The van der Waals surface area contributed by atoms with E-state index in [1.807, 2.05) is 18.2 Å². The molecule has 3 aromatic carbocycles. The molecule has 0 radical (unpaired) electrons. The lowest BCUT2D eigenvalue weighted by Crippen LogP contribution is -2.20. The fourth-order valence-electron chi connectivity index (χ4n) is 2.32. The summed E-state index contributed by atoms with van der Waals surface area (Å²) < 4.78 is 0. The number of benzene rings is 3. The minimum Gasteiger partial charge on any atom is -0.322 e.